The molecule has 1 aliphatic heterocycles. The number of amides is 2. The van der Waals surface area contributed by atoms with Gasteiger partial charge in [-0.1, -0.05) is 121 Å². The molecule has 4 nitrogen and oxygen atoms in total. The highest BCUT2D eigenvalue weighted by atomic mass is 16.2. The zero-order valence-electron chi connectivity index (χ0n) is 20.2. The smallest absolute Gasteiger partial charge is 0.240 e. The van der Waals surface area contributed by atoms with Crippen molar-refractivity contribution in [1.82, 2.24) is 4.90 Å². The van der Waals surface area contributed by atoms with E-state index in [9.17, 15) is 9.59 Å². The van der Waals surface area contributed by atoms with Gasteiger partial charge in [0.05, 0.1) is 0 Å². The summed E-state index contributed by atoms with van der Waals surface area (Å²) in [5, 5.41) is 0. The van der Waals surface area contributed by atoms with Crippen molar-refractivity contribution in [3.05, 3.63) is 144 Å². The highest BCUT2D eigenvalue weighted by Gasteiger charge is 2.52. The average Bonchev–Trinajstić information content (AvgIpc) is 3.28. The summed E-state index contributed by atoms with van der Waals surface area (Å²) in [6, 6.07) is 39.3. The van der Waals surface area contributed by atoms with Crippen LogP contribution in [0.5, 0.6) is 0 Å². The lowest BCUT2D eigenvalue weighted by Gasteiger charge is -2.33. The quantitative estimate of drug-likeness (QED) is 0.378. The molecule has 0 spiro atoms. The molecule has 1 saturated heterocycles. The first-order valence-electron chi connectivity index (χ1n) is 12.4. The second-order valence-electron chi connectivity index (χ2n) is 9.41. The first kappa shape index (κ1) is 23.6. The molecular weight excluding hydrogens is 444 g/mol. The maximum absolute atomic E-state index is 14.3. The van der Waals surface area contributed by atoms with E-state index in [4.69, 9.17) is 5.73 Å². The molecule has 1 heterocycles. The Morgan fingerprint density at radius 2 is 1.14 bits per heavy atom. The Kier molecular flexibility index (Phi) is 6.68. The van der Waals surface area contributed by atoms with E-state index in [0.717, 1.165) is 22.3 Å². The number of benzene rings is 4. The minimum atomic E-state index is -0.842. The molecule has 36 heavy (non-hydrogen) atoms. The van der Waals surface area contributed by atoms with Gasteiger partial charge in [0.1, 0.15) is 11.5 Å². The molecule has 180 valence electrons. The number of hydrogen-bond acceptors (Lipinski definition) is 2. The number of carbonyl (C=O) groups excluding carboxylic acids is 2. The molecule has 1 fully saturated rings. The van der Waals surface area contributed by atoms with Gasteiger partial charge in [0.2, 0.25) is 11.8 Å². The number of primary amides is 1. The normalized spacial score (nSPS) is 15.7. The molecule has 0 aromatic heterocycles. The van der Waals surface area contributed by atoms with Crippen LogP contribution in [0.3, 0.4) is 0 Å². The van der Waals surface area contributed by atoms with E-state index in [0.29, 0.717) is 19.4 Å². The Morgan fingerprint density at radius 3 is 1.56 bits per heavy atom. The number of likely N-dealkylation sites (tertiary alicyclic amines) is 1. The molecule has 4 aromatic carbocycles. The SMILES string of the molecule is NC(=O)C(CC(c1ccccc1)c1ccccc1)N1CCC(c2ccccc2)(c2ccccc2)C1=O. The van der Waals surface area contributed by atoms with Crippen molar-refractivity contribution in [3.8, 4) is 0 Å². The average molecular weight is 475 g/mol. The summed E-state index contributed by atoms with van der Waals surface area (Å²) >= 11 is 0. The van der Waals surface area contributed by atoms with E-state index >= 15 is 0 Å². The topological polar surface area (TPSA) is 63.4 Å². The van der Waals surface area contributed by atoms with Gasteiger partial charge in [-0.15, -0.1) is 0 Å². The Morgan fingerprint density at radius 1 is 0.722 bits per heavy atom. The minimum Gasteiger partial charge on any atom is -0.368 e. The van der Waals surface area contributed by atoms with Crippen LogP contribution >= 0.6 is 0 Å². The molecule has 0 bridgehead atoms. The van der Waals surface area contributed by atoms with Crippen LogP contribution in [0.15, 0.2) is 121 Å². The fraction of sp³-hybridized carbons (Fsp3) is 0.188. The molecule has 4 heteroatoms. The molecule has 0 radical (unpaired) electrons. The second kappa shape index (κ2) is 10.2. The first-order chi connectivity index (χ1) is 17.6. The Balaban J connectivity index is 1.54. The van der Waals surface area contributed by atoms with Gasteiger partial charge < -0.3 is 10.6 Å². The lowest BCUT2D eigenvalue weighted by atomic mass is 9.73. The molecule has 0 saturated carbocycles. The highest BCUT2D eigenvalue weighted by Crippen LogP contribution is 2.43. The standard InChI is InChI=1S/C32H30N2O2/c33-30(35)29(23-28(24-13-5-1-6-14-24)25-15-7-2-8-16-25)34-22-21-32(31(34)36,26-17-9-3-10-18-26)27-19-11-4-12-20-27/h1-20,28-29H,21-23H2,(H2,33,35). The van der Waals surface area contributed by atoms with Crippen LogP contribution in [-0.4, -0.2) is 29.3 Å². The molecule has 1 unspecified atom stereocenters. The predicted octanol–water partition coefficient (Wildman–Crippen LogP) is 5.28. The Hall–Kier alpha value is -4.18. The van der Waals surface area contributed by atoms with Crippen LogP contribution in [0, 0.1) is 0 Å². The summed E-state index contributed by atoms with van der Waals surface area (Å²) in [5.74, 6) is -0.609. The van der Waals surface area contributed by atoms with Crippen LogP contribution in [-0.2, 0) is 15.0 Å². The van der Waals surface area contributed by atoms with E-state index < -0.39 is 17.4 Å². The lowest BCUT2D eigenvalue weighted by Crippen LogP contribution is -2.49. The second-order valence-corrected chi connectivity index (χ2v) is 9.41. The number of rotatable bonds is 8. The fourth-order valence-corrected chi connectivity index (χ4v) is 5.64. The van der Waals surface area contributed by atoms with Gasteiger partial charge in [-0.3, -0.25) is 9.59 Å². The molecule has 4 aromatic rings. The zero-order valence-corrected chi connectivity index (χ0v) is 20.2. The van der Waals surface area contributed by atoms with Crippen LogP contribution in [0.1, 0.15) is 41.0 Å². The fourth-order valence-electron chi connectivity index (χ4n) is 5.64. The van der Waals surface area contributed by atoms with E-state index in [1.165, 1.54) is 0 Å². The summed E-state index contributed by atoms with van der Waals surface area (Å²) in [5.41, 5.74) is 9.25. The van der Waals surface area contributed by atoms with E-state index in [1.54, 1.807) is 4.90 Å². The lowest BCUT2D eigenvalue weighted by molar-refractivity contribution is -0.138. The molecule has 1 aliphatic rings. The van der Waals surface area contributed by atoms with Crippen molar-refractivity contribution in [1.29, 1.82) is 0 Å². The van der Waals surface area contributed by atoms with Gasteiger partial charge in [0.25, 0.3) is 0 Å². The molecule has 5 rings (SSSR count). The Labute approximate surface area is 212 Å². The van der Waals surface area contributed by atoms with Crippen molar-refractivity contribution >= 4 is 11.8 Å². The van der Waals surface area contributed by atoms with Gasteiger partial charge in [-0.25, -0.2) is 0 Å². The van der Waals surface area contributed by atoms with Gasteiger partial charge in [0.15, 0.2) is 0 Å². The van der Waals surface area contributed by atoms with E-state index in [-0.39, 0.29) is 11.8 Å². The third-order valence-corrected chi connectivity index (χ3v) is 7.45. The van der Waals surface area contributed by atoms with Crippen molar-refractivity contribution in [3.63, 3.8) is 0 Å². The molecule has 1 atom stereocenters. The summed E-state index contributed by atoms with van der Waals surface area (Å²) < 4.78 is 0. The third kappa shape index (κ3) is 4.31. The van der Waals surface area contributed by atoms with Gasteiger partial charge in [0, 0.05) is 12.5 Å². The summed E-state index contributed by atoms with van der Waals surface area (Å²) in [7, 11) is 0. The predicted molar refractivity (Wildman–Crippen MR) is 142 cm³/mol. The number of hydrogen-bond donors (Lipinski definition) is 1. The van der Waals surface area contributed by atoms with Crippen molar-refractivity contribution in [2.45, 2.75) is 30.2 Å². The monoisotopic (exact) mass is 474 g/mol. The largest absolute Gasteiger partial charge is 0.368 e. The minimum absolute atomic E-state index is 0.0661. The number of nitrogens with two attached hydrogens (primary N) is 1. The first-order valence-corrected chi connectivity index (χ1v) is 12.4. The van der Waals surface area contributed by atoms with E-state index in [2.05, 4.69) is 24.3 Å². The Bertz CT molecular complexity index is 1230. The van der Waals surface area contributed by atoms with Gasteiger partial charge in [-0.05, 0) is 35.1 Å². The summed E-state index contributed by atoms with van der Waals surface area (Å²) in [6.45, 7) is 0.465. The molecule has 0 aliphatic carbocycles. The van der Waals surface area contributed by atoms with Crippen LogP contribution < -0.4 is 5.73 Å². The molecule has 2 amide bonds. The summed E-state index contributed by atoms with van der Waals surface area (Å²) in [4.78, 5) is 29.0. The maximum atomic E-state index is 14.3. The maximum Gasteiger partial charge on any atom is 0.240 e. The van der Waals surface area contributed by atoms with Crippen LogP contribution in [0.4, 0.5) is 0 Å². The zero-order chi connectivity index (χ0) is 25.0. The van der Waals surface area contributed by atoms with Crippen LogP contribution in [0.25, 0.3) is 0 Å². The van der Waals surface area contributed by atoms with Crippen molar-refractivity contribution < 1.29 is 9.59 Å². The molecule has 2 N–H and O–H groups in total. The van der Waals surface area contributed by atoms with Crippen molar-refractivity contribution in [2.24, 2.45) is 5.73 Å². The summed E-state index contributed by atoms with van der Waals surface area (Å²) in [6.07, 6.45) is 1.01. The van der Waals surface area contributed by atoms with Gasteiger partial charge in [-0.2, -0.15) is 0 Å². The highest BCUT2D eigenvalue weighted by molar-refractivity contribution is 5.97. The van der Waals surface area contributed by atoms with Gasteiger partial charge >= 0.3 is 0 Å². The third-order valence-electron chi connectivity index (χ3n) is 7.45. The number of carbonyl (C=O) groups is 2. The van der Waals surface area contributed by atoms with Crippen molar-refractivity contribution in [2.75, 3.05) is 6.54 Å². The van der Waals surface area contributed by atoms with Crippen LogP contribution in [0.2, 0.25) is 0 Å². The molecular formula is C32H30N2O2. The number of nitrogens with zero attached hydrogens (tertiary/aromatic N) is 1. The van der Waals surface area contributed by atoms with E-state index in [1.807, 2.05) is 97.1 Å².